The van der Waals surface area contributed by atoms with Crippen LogP contribution in [-0.2, 0) is 13.0 Å². The highest BCUT2D eigenvalue weighted by molar-refractivity contribution is 5.79. The Labute approximate surface area is 123 Å². The number of aromatic nitrogens is 2. The summed E-state index contributed by atoms with van der Waals surface area (Å²) in [5.74, 6) is 1.02. The lowest BCUT2D eigenvalue weighted by atomic mass is 10.1. The van der Waals surface area contributed by atoms with Gasteiger partial charge in [-0.3, -0.25) is 0 Å². The van der Waals surface area contributed by atoms with Crippen LogP contribution < -0.4 is 5.73 Å². The van der Waals surface area contributed by atoms with Crippen molar-refractivity contribution in [2.75, 3.05) is 5.73 Å². The Bertz CT molecular complexity index is 822. The fraction of sp³-hybridized carbons (Fsp3) is 0.176. The van der Waals surface area contributed by atoms with E-state index in [2.05, 4.69) is 17.6 Å². The number of rotatable bonds is 3. The van der Waals surface area contributed by atoms with Gasteiger partial charge in [0.2, 0.25) is 0 Å². The van der Waals surface area contributed by atoms with Gasteiger partial charge in [0.15, 0.2) is 0 Å². The monoisotopic (exact) mass is 276 g/mol. The molecule has 4 nitrogen and oxygen atoms in total. The van der Waals surface area contributed by atoms with E-state index in [9.17, 15) is 0 Å². The van der Waals surface area contributed by atoms with Crippen molar-refractivity contribution in [3.8, 4) is 6.07 Å². The molecule has 21 heavy (non-hydrogen) atoms. The molecule has 1 heterocycles. The largest absolute Gasteiger partial charge is 0.399 e. The summed E-state index contributed by atoms with van der Waals surface area (Å²) in [4.78, 5) is 4.70. The summed E-state index contributed by atoms with van der Waals surface area (Å²) in [5.41, 5.74) is 10.4. The highest BCUT2D eigenvalue weighted by atomic mass is 15.1. The second kappa shape index (κ2) is 5.29. The van der Waals surface area contributed by atoms with Gasteiger partial charge in [0.05, 0.1) is 22.7 Å². The van der Waals surface area contributed by atoms with Crippen molar-refractivity contribution >= 4 is 16.7 Å². The fourth-order valence-corrected chi connectivity index (χ4v) is 2.56. The van der Waals surface area contributed by atoms with E-state index >= 15 is 0 Å². The minimum atomic E-state index is 0.676. The van der Waals surface area contributed by atoms with E-state index in [4.69, 9.17) is 16.0 Å². The van der Waals surface area contributed by atoms with Gasteiger partial charge in [0.25, 0.3) is 0 Å². The third-order valence-electron chi connectivity index (χ3n) is 3.61. The Morgan fingerprint density at radius 3 is 2.62 bits per heavy atom. The number of fused-ring (bicyclic) bond motifs is 1. The molecule has 4 heteroatoms. The number of nitriles is 1. The average molecular weight is 276 g/mol. The molecule has 0 unspecified atom stereocenters. The molecule has 1 aromatic heterocycles. The van der Waals surface area contributed by atoms with E-state index in [1.165, 1.54) is 0 Å². The molecule has 0 atom stereocenters. The van der Waals surface area contributed by atoms with Gasteiger partial charge in [-0.1, -0.05) is 12.1 Å². The van der Waals surface area contributed by atoms with Gasteiger partial charge in [-0.05, 0) is 42.8 Å². The van der Waals surface area contributed by atoms with Crippen LogP contribution in [0.2, 0.25) is 0 Å². The van der Waals surface area contributed by atoms with Crippen LogP contribution in [0.15, 0.2) is 42.5 Å². The minimum Gasteiger partial charge on any atom is -0.399 e. The lowest BCUT2D eigenvalue weighted by molar-refractivity contribution is 0.733. The van der Waals surface area contributed by atoms with Gasteiger partial charge in [-0.2, -0.15) is 5.26 Å². The molecule has 0 aliphatic heterocycles. The summed E-state index contributed by atoms with van der Waals surface area (Å²) in [6.45, 7) is 2.98. The molecule has 3 rings (SSSR count). The van der Waals surface area contributed by atoms with Crippen LogP contribution in [0.5, 0.6) is 0 Å². The van der Waals surface area contributed by atoms with Gasteiger partial charge in [0, 0.05) is 18.7 Å². The van der Waals surface area contributed by atoms with E-state index in [0.29, 0.717) is 5.56 Å². The Balaban J connectivity index is 2.01. The molecule has 0 spiro atoms. The normalized spacial score (nSPS) is 10.7. The van der Waals surface area contributed by atoms with Gasteiger partial charge >= 0.3 is 0 Å². The number of nitrogen functional groups attached to an aromatic ring is 1. The van der Waals surface area contributed by atoms with Crippen molar-refractivity contribution in [3.05, 3.63) is 59.4 Å². The maximum Gasteiger partial charge on any atom is 0.114 e. The van der Waals surface area contributed by atoms with Crippen LogP contribution >= 0.6 is 0 Å². The van der Waals surface area contributed by atoms with E-state index in [0.717, 1.165) is 41.1 Å². The highest BCUT2D eigenvalue weighted by Gasteiger charge is 2.10. The molecule has 0 bridgehead atoms. The van der Waals surface area contributed by atoms with E-state index in [-0.39, 0.29) is 0 Å². The first-order chi connectivity index (χ1) is 10.2. The van der Waals surface area contributed by atoms with Crippen molar-refractivity contribution in [3.63, 3.8) is 0 Å². The van der Waals surface area contributed by atoms with Crippen molar-refractivity contribution in [2.45, 2.75) is 19.9 Å². The molecular formula is C17H16N4. The zero-order valence-corrected chi connectivity index (χ0v) is 11.9. The number of hydrogen-bond acceptors (Lipinski definition) is 3. The van der Waals surface area contributed by atoms with Crippen LogP contribution in [0.25, 0.3) is 11.0 Å². The SMILES string of the molecule is CCn1c(Cc2ccc(C#N)cc2)nc2cc(N)ccc21. The van der Waals surface area contributed by atoms with Crippen molar-refractivity contribution in [2.24, 2.45) is 0 Å². The first-order valence-electron chi connectivity index (χ1n) is 6.95. The molecule has 0 fully saturated rings. The topological polar surface area (TPSA) is 67.6 Å². The van der Waals surface area contributed by atoms with Gasteiger partial charge in [-0.15, -0.1) is 0 Å². The second-order valence-electron chi connectivity index (χ2n) is 5.01. The van der Waals surface area contributed by atoms with Gasteiger partial charge < -0.3 is 10.3 Å². The number of hydrogen-bond donors (Lipinski definition) is 1. The number of benzene rings is 2. The molecule has 2 N–H and O–H groups in total. The molecule has 0 saturated carbocycles. The summed E-state index contributed by atoms with van der Waals surface area (Å²) in [5, 5.41) is 8.84. The first-order valence-corrected chi connectivity index (χ1v) is 6.95. The Morgan fingerprint density at radius 2 is 1.95 bits per heavy atom. The molecule has 2 aromatic carbocycles. The summed E-state index contributed by atoms with van der Waals surface area (Å²) < 4.78 is 2.20. The van der Waals surface area contributed by atoms with E-state index in [1.54, 1.807) is 0 Å². The third-order valence-corrected chi connectivity index (χ3v) is 3.61. The number of anilines is 1. The Morgan fingerprint density at radius 1 is 1.19 bits per heavy atom. The average Bonchev–Trinajstić information content (AvgIpc) is 2.84. The van der Waals surface area contributed by atoms with E-state index in [1.807, 2.05) is 42.5 Å². The summed E-state index contributed by atoms with van der Waals surface area (Å²) in [6, 6.07) is 15.6. The fourth-order valence-electron chi connectivity index (χ4n) is 2.56. The molecule has 0 saturated heterocycles. The van der Waals surface area contributed by atoms with Crippen LogP contribution in [0.3, 0.4) is 0 Å². The molecule has 0 aliphatic rings. The zero-order valence-electron chi connectivity index (χ0n) is 11.9. The molecule has 0 amide bonds. The maximum absolute atomic E-state index is 8.84. The van der Waals surface area contributed by atoms with Crippen LogP contribution in [0.1, 0.15) is 23.9 Å². The van der Waals surface area contributed by atoms with Crippen molar-refractivity contribution < 1.29 is 0 Å². The lowest BCUT2D eigenvalue weighted by Crippen LogP contribution is -2.02. The molecule has 0 aliphatic carbocycles. The van der Waals surface area contributed by atoms with Gasteiger partial charge in [0.1, 0.15) is 5.82 Å². The molecule has 3 aromatic rings. The van der Waals surface area contributed by atoms with Crippen LogP contribution in [0, 0.1) is 11.3 Å². The minimum absolute atomic E-state index is 0.676. The number of nitrogens with zero attached hydrogens (tertiary/aromatic N) is 3. The van der Waals surface area contributed by atoms with Crippen molar-refractivity contribution in [1.82, 2.24) is 9.55 Å². The quantitative estimate of drug-likeness (QED) is 0.747. The van der Waals surface area contributed by atoms with E-state index < -0.39 is 0 Å². The van der Waals surface area contributed by atoms with Crippen LogP contribution in [0.4, 0.5) is 5.69 Å². The summed E-state index contributed by atoms with van der Waals surface area (Å²) in [6.07, 6.45) is 0.744. The third kappa shape index (κ3) is 2.46. The summed E-state index contributed by atoms with van der Waals surface area (Å²) >= 11 is 0. The molecule has 104 valence electrons. The first kappa shape index (κ1) is 13.2. The standard InChI is InChI=1S/C17H16N4/c1-2-21-16-8-7-14(19)10-15(16)20-17(21)9-12-3-5-13(11-18)6-4-12/h3-8,10H,2,9,19H2,1H3. The second-order valence-corrected chi connectivity index (χ2v) is 5.01. The predicted octanol–water partition coefficient (Wildman–Crippen LogP) is 3.10. The maximum atomic E-state index is 8.84. The summed E-state index contributed by atoms with van der Waals surface area (Å²) in [7, 11) is 0. The lowest BCUT2D eigenvalue weighted by Gasteiger charge is -2.06. The predicted molar refractivity (Wildman–Crippen MR) is 83.8 cm³/mol. The zero-order chi connectivity index (χ0) is 14.8. The highest BCUT2D eigenvalue weighted by Crippen LogP contribution is 2.21. The Kier molecular flexibility index (Phi) is 3.33. The number of aryl methyl sites for hydroxylation is 1. The number of nitrogens with two attached hydrogens (primary N) is 1. The van der Waals surface area contributed by atoms with Gasteiger partial charge in [-0.25, -0.2) is 4.98 Å². The Hall–Kier alpha value is -2.80. The smallest absolute Gasteiger partial charge is 0.114 e. The van der Waals surface area contributed by atoms with Crippen LogP contribution in [-0.4, -0.2) is 9.55 Å². The van der Waals surface area contributed by atoms with Crippen molar-refractivity contribution in [1.29, 1.82) is 5.26 Å². The molecular weight excluding hydrogens is 260 g/mol. The number of imidazole rings is 1. The molecule has 0 radical (unpaired) electrons.